The lowest BCUT2D eigenvalue weighted by molar-refractivity contribution is 0.0605. The fourth-order valence-corrected chi connectivity index (χ4v) is 3.26. The van der Waals surface area contributed by atoms with Crippen LogP contribution >= 0.6 is 11.6 Å². The minimum atomic E-state index is -0.684. The number of hydrogen-bond acceptors (Lipinski definition) is 5. The van der Waals surface area contributed by atoms with Crippen LogP contribution < -0.4 is 9.47 Å². The van der Waals surface area contributed by atoms with Gasteiger partial charge in [0.1, 0.15) is 30.0 Å². The van der Waals surface area contributed by atoms with Crippen LogP contribution in [0.4, 0.5) is 0 Å². The van der Waals surface area contributed by atoms with Crippen molar-refractivity contribution in [2.75, 3.05) is 19.8 Å². The molecule has 0 amide bonds. The second-order valence-electron chi connectivity index (χ2n) is 6.72. The Morgan fingerprint density at radius 1 is 1.03 bits per heavy atom. The van der Waals surface area contributed by atoms with Gasteiger partial charge < -0.3 is 19.0 Å². The average molecular weight is 416 g/mol. The first-order chi connectivity index (χ1) is 14.1. The summed E-state index contributed by atoms with van der Waals surface area (Å²) in [5.74, 6) is 2.24. The molecule has 0 aliphatic rings. The van der Waals surface area contributed by atoms with Gasteiger partial charge in [0.15, 0.2) is 0 Å². The van der Waals surface area contributed by atoms with Crippen LogP contribution in [0, 0.1) is 0 Å². The van der Waals surface area contributed by atoms with E-state index < -0.39 is 6.10 Å². The molecule has 0 fully saturated rings. The summed E-state index contributed by atoms with van der Waals surface area (Å²) < 4.78 is 16.8. The molecule has 0 bridgehead atoms. The maximum atomic E-state index is 10.6. The molecule has 2 aromatic carbocycles. The minimum Gasteiger partial charge on any atom is -0.494 e. The third-order valence-corrected chi connectivity index (χ3v) is 4.62. The number of nitrogens with zero attached hydrogens (tertiary/aromatic N) is 1. The SMILES string of the molecule is CCOc1cccc(CN(Cc2ccco2)CC(O)COc2ccccc2Cl)c1. The minimum absolute atomic E-state index is 0.150. The Hall–Kier alpha value is -2.47. The normalized spacial score (nSPS) is 12.1. The Bertz CT molecular complexity index is 869. The standard InChI is InChI=1S/C23H26ClNO4/c1-2-27-20-8-5-7-18(13-20)14-25(16-21-9-6-12-28-21)15-19(26)17-29-23-11-4-3-10-22(23)24/h3-13,19,26H,2,14-17H2,1H3. The summed E-state index contributed by atoms with van der Waals surface area (Å²) in [6, 6.07) is 19.0. The number of benzene rings is 2. The van der Waals surface area contributed by atoms with E-state index in [1.54, 1.807) is 18.4 Å². The maximum absolute atomic E-state index is 10.6. The summed E-state index contributed by atoms with van der Waals surface area (Å²) in [4.78, 5) is 2.12. The van der Waals surface area contributed by atoms with Crippen molar-refractivity contribution in [3.63, 3.8) is 0 Å². The first-order valence-electron chi connectivity index (χ1n) is 9.66. The predicted molar refractivity (Wildman–Crippen MR) is 113 cm³/mol. The highest BCUT2D eigenvalue weighted by molar-refractivity contribution is 6.32. The van der Waals surface area contributed by atoms with Gasteiger partial charge in [-0.25, -0.2) is 0 Å². The second kappa shape index (κ2) is 10.9. The van der Waals surface area contributed by atoms with Crippen molar-refractivity contribution in [1.82, 2.24) is 4.90 Å². The first kappa shape index (κ1) is 21.2. The molecule has 3 rings (SSSR count). The molecule has 1 heterocycles. The van der Waals surface area contributed by atoms with Crippen LogP contribution in [-0.2, 0) is 13.1 Å². The van der Waals surface area contributed by atoms with E-state index in [9.17, 15) is 5.11 Å². The molecule has 29 heavy (non-hydrogen) atoms. The molecule has 0 saturated heterocycles. The third-order valence-electron chi connectivity index (χ3n) is 4.31. The number of ether oxygens (including phenoxy) is 2. The topological polar surface area (TPSA) is 55.1 Å². The molecule has 1 N–H and O–H groups in total. The quantitative estimate of drug-likeness (QED) is 0.488. The molecular weight excluding hydrogens is 390 g/mol. The zero-order chi connectivity index (χ0) is 20.5. The van der Waals surface area contributed by atoms with E-state index in [0.717, 1.165) is 17.1 Å². The van der Waals surface area contributed by atoms with Gasteiger partial charge in [0, 0.05) is 13.1 Å². The molecule has 154 valence electrons. The Labute approximate surface area is 176 Å². The Kier molecular flexibility index (Phi) is 7.99. The molecule has 0 radical (unpaired) electrons. The number of rotatable bonds is 11. The predicted octanol–water partition coefficient (Wildman–Crippen LogP) is 4.77. The van der Waals surface area contributed by atoms with Gasteiger partial charge in [0.05, 0.1) is 24.4 Å². The Balaban J connectivity index is 1.63. The van der Waals surface area contributed by atoms with E-state index in [4.69, 9.17) is 25.5 Å². The lowest BCUT2D eigenvalue weighted by atomic mass is 10.2. The van der Waals surface area contributed by atoms with Gasteiger partial charge in [-0.2, -0.15) is 0 Å². The highest BCUT2D eigenvalue weighted by atomic mass is 35.5. The van der Waals surface area contributed by atoms with Gasteiger partial charge in [0.2, 0.25) is 0 Å². The number of aliphatic hydroxyl groups excluding tert-OH is 1. The lowest BCUT2D eigenvalue weighted by Gasteiger charge is -2.24. The summed E-state index contributed by atoms with van der Waals surface area (Å²) in [7, 11) is 0. The van der Waals surface area contributed by atoms with E-state index in [-0.39, 0.29) is 6.61 Å². The van der Waals surface area contributed by atoms with E-state index in [0.29, 0.717) is 37.0 Å². The molecule has 3 aromatic rings. The molecule has 5 nitrogen and oxygen atoms in total. The fourth-order valence-electron chi connectivity index (χ4n) is 3.06. The van der Waals surface area contributed by atoms with E-state index >= 15 is 0 Å². The number of para-hydroxylation sites is 1. The molecule has 1 aromatic heterocycles. The molecule has 0 aliphatic heterocycles. The van der Waals surface area contributed by atoms with Gasteiger partial charge in [-0.1, -0.05) is 35.9 Å². The Morgan fingerprint density at radius 2 is 1.90 bits per heavy atom. The largest absolute Gasteiger partial charge is 0.494 e. The molecular formula is C23H26ClNO4. The van der Waals surface area contributed by atoms with Crippen molar-refractivity contribution >= 4 is 11.6 Å². The van der Waals surface area contributed by atoms with Crippen LogP contribution in [0.25, 0.3) is 0 Å². The number of aliphatic hydroxyl groups is 1. The van der Waals surface area contributed by atoms with Crippen molar-refractivity contribution < 1.29 is 19.0 Å². The summed E-state index contributed by atoms with van der Waals surface area (Å²) in [6.07, 6.45) is 0.969. The van der Waals surface area contributed by atoms with Crippen LogP contribution in [0.3, 0.4) is 0 Å². The summed E-state index contributed by atoms with van der Waals surface area (Å²) >= 11 is 6.11. The van der Waals surface area contributed by atoms with Crippen LogP contribution in [0.15, 0.2) is 71.3 Å². The maximum Gasteiger partial charge on any atom is 0.138 e. The van der Waals surface area contributed by atoms with Gasteiger partial charge in [-0.05, 0) is 48.9 Å². The average Bonchev–Trinajstić information content (AvgIpc) is 3.21. The van der Waals surface area contributed by atoms with Crippen molar-refractivity contribution in [3.05, 3.63) is 83.3 Å². The number of hydrogen-bond donors (Lipinski definition) is 1. The number of halogens is 1. The molecule has 1 atom stereocenters. The van der Waals surface area contributed by atoms with Crippen LogP contribution in [0.2, 0.25) is 5.02 Å². The summed E-state index contributed by atoms with van der Waals surface area (Å²) in [5.41, 5.74) is 1.10. The van der Waals surface area contributed by atoms with Crippen molar-refractivity contribution in [1.29, 1.82) is 0 Å². The van der Waals surface area contributed by atoms with E-state index in [1.807, 2.05) is 55.5 Å². The van der Waals surface area contributed by atoms with E-state index in [2.05, 4.69) is 4.90 Å². The van der Waals surface area contributed by atoms with Gasteiger partial charge >= 0.3 is 0 Å². The first-order valence-corrected chi connectivity index (χ1v) is 10.0. The smallest absolute Gasteiger partial charge is 0.138 e. The molecule has 0 spiro atoms. The van der Waals surface area contributed by atoms with Crippen molar-refractivity contribution in [2.45, 2.75) is 26.1 Å². The second-order valence-corrected chi connectivity index (χ2v) is 7.13. The summed E-state index contributed by atoms with van der Waals surface area (Å²) in [5, 5.41) is 11.1. The van der Waals surface area contributed by atoms with Crippen LogP contribution in [-0.4, -0.2) is 35.9 Å². The Morgan fingerprint density at radius 3 is 2.66 bits per heavy atom. The monoisotopic (exact) mass is 415 g/mol. The zero-order valence-electron chi connectivity index (χ0n) is 16.5. The van der Waals surface area contributed by atoms with Crippen molar-refractivity contribution in [2.24, 2.45) is 0 Å². The molecule has 0 aliphatic carbocycles. The lowest BCUT2D eigenvalue weighted by Crippen LogP contribution is -2.35. The van der Waals surface area contributed by atoms with E-state index in [1.165, 1.54) is 0 Å². The zero-order valence-corrected chi connectivity index (χ0v) is 17.2. The third kappa shape index (κ3) is 6.82. The summed E-state index contributed by atoms with van der Waals surface area (Å²) in [6.45, 7) is 4.38. The van der Waals surface area contributed by atoms with Crippen molar-refractivity contribution in [3.8, 4) is 11.5 Å². The molecule has 6 heteroatoms. The van der Waals surface area contributed by atoms with Gasteiger partial charge in [-0.3, -0.25) is 4.90 Å². The highest BCUT2D eigenvalue weighted by Gasteiger charge is 2.16. The molecule has 1 unspecified atom stereocenters. The van der Waals surface area contributed by atoms with Crippen LogP contribution in [0.1, 0.15) is 18.2 Å². The van der Waals surface area contributed by atoms with Gasteiger partial charge in [-0.15, -0.1) is 0 Å². The number of furan rings is 1. The molecule has 0 saturated carbocycles. The van der Waals surface area contributed by atoms with Crippen LogP contribution in [0.5, 0.6) is 11.5 Å². The van der Waals surface area contributed by atoms with Gasteiger partial charge in [0.25, 0.3) is 0 Å². The fraction of sp³-hybridized carbons (Fsp3) is 0.304. The highest BCUT2D eigenvalue weighted by Crippen LogP contribution is 2.23.